The van der Waals surface area contributed by atoms with Gasteiger partial charge < -0.3 is 4.57 Å². The fraction of sp³-hybridized carbons (Fsp3) is 0. The Hall–Kier alpha value is -6.39. The van der Waals surface area contributed by atoms with Crippen LogP contribution >= 0.6 is 0 Å². The summed E-state index contributed by atoms with van der Waals surface area (Å²) in [6.07, 6.45) is 0. The predicted molar refractivity (Wildman–Crippen MR) is 195 cm³/mol. The highest BCUT2D eigenvalue weighted by Crippen LogP contribution is 2.44. The Morgan fingerprint density at radius 2 is 1.00 bits per heavy atom. The lowest BCUT2D eigenvalue weighted by atomic mass is 9.98. The third-order valence-corrected chi connectivity index (χ3v) is 9.94. The molecule has 0 fully saturated rings. The van der Waals surface area contributed by atoms with Gasteiger partial charge in [0.1, 0.15) is 0 Å². The van der Waals surface area contributed by atoms with Crippen molar-refractivity contribution in [1.29, 1.82) is 0 Å². The topological polar surface area (TPSA) is 26.6 Å². The maximum atomic E-state index is 5.22. The van der Waals surface area contributed by atoms with Crippen LogP contribution in [0.5, 0.6) is 0 Å². The number of fused-ring (bicyclic) bond motifs is 12. The molecule has 0 unspecified atom stereocenters. The van der Waals surface area contributed by atoms with Crippen LogP contribution < -0.4 is 0 Å². The highest BCUT2D eigenvalue weighted by Gasteiger charge is 2.24. The molecular formula is C43H26N4. The summed E-state index contributed by atoms with van der Waals surface area (Å²) in [4.78, 5) is 5.22. The van der Waals surface area contributed by atoms with E-state index in [0.717, 1.165) is 22.5 Å². The minimum atomic E-state index is 0.953. The molecule has 47 heavy (non-hydrogen) atoms. The molecule has 0 aliphatic rings. The van der Waals surface area contributed by atoms with Gasteiger partial charge in [0.25, 0.3) is 0 Å². The van der Waals surface area contributed by atoms with Crippen molar-refractivity contribution < 1.29 is 0 Å². The van der Waals surface area contributed by atoms with Crippen LogP contribution in [0.25, 0.3) is 93.9 Å². The number of aromatic nitrogens is 4. The Bertz CT molecular complexity index is 2940. The molecule has 11 rings (SSSR count). The zero-order valence-electron chi connectivity index (χ0n) is 25.3. The fourth-order valence-electron chi connectivity index (χ4n) is 7.98. The van der Waals surface area contributed by atoms with Crippen LogP contribution in [0.15, 0.2) is 158 Å². The van der Waals surface area contributed by atoms with Crippen molar-refractivity contribution in [3.8, 4) is 27.9 Å². The van der Waals surface area contributed by atoms with Gasteiger partial charge in [0.2, 0.25) is 5.78 Å². The van der Waals surface area contributed by atoms with Crippen LogP contribution in [0.2, 0.25) is 0 Å². The molecule has 0 amide bonds. The summed E-state index contributed by atoms with van der Waals surface area (Å²) in [6, 6.07) is 57.0. The van der Waals surface area contributed by atoms with Gasteiger partial charge in [0.15, 0.2) is 0 Å². The maximum absolute atomic E-state index is 5.22. The van der Waals surface area contributed by atoms with Crippen LogP contribution in [-0.2, 0) is 0 Å². The summed E-state index contributed by atoms with van der Waals surface area (Å²) in [6.45, 7) is 0. The van der Waals surface area contributed by atoms with Gasteiger partial charge in [-0.15, -0.1) is 0 Å². The lowest BCUT2D eigenvalue weighted by Gasteiger charge is -2.14. The average Bonchev–Trinajstić information content (AvgIpc) is 3.87. The zero-order chi connectivity index (χ0) is 30.6. The van der Waals surface area contributed by atoms with Gasteiger partial charge >= 0.3 is 0 Å². The molecule has 0 atom stereocenters. The Kier molecular flexibility index (Phi) is 4.81. The minimum absolute atomic E-state index is 0.953. The second-order valence-corrected chi connectivity index (χ2v) is 12.5. The third-order valence-electron chi connectivity index (χ3n) is 9.94. The van der Waals surface area contributed by atoms with E-state index in [1.807, 2.05) is 0 Å². The molecule has 0 bridgehead atoms. The average molecular weight is 599 g/mol. The van der Waals surface area contributed by atoms with Gasteiger partial charge in [0.05, 0.1) is 38.6 Å². The summed E-state index contributed by atoms with van der Waals surface area (Å²) in [7, 11) is 0. The van der Waals surface area contributed by atoms with Gasteiger partial charge in [-0.2, -0.15) is 0 Å². The molecule has 4 aromatic heterocycles. The Labute approximate surface area is 269 Å². The number of para-hydroxylation sites is 4. The number of imidazole rings is 2. The number of nitrogens with zero attached hydrogens (tertiary/aromatic N) is 4. The SMILES string of the molecule is c1ccc(-c2cc(-c3ccccc3)cc(-n3c4ccccc4c4c3ccc3c5cccc6c5n(c34)c3nc4ccccc4n63)c2)cc1. The van der Waals surface area contributed by atoms with Gasteiger partial charge in [0, 0.05) is 27.2 Å². The fourth-order valence-corrected chi connectivity index (χ4v) is 7.98. The van der Waals surface area contributed by atoms with Crippen LogP contribution in [0.4, 0.5) is 0 Å². The molecule has 4 heteroatoms. The van der Waals surface area contributed by atoms with Gasteiger partial charge in [-0.25, -0.2) is 4.98 Å². The van der Waals surface area contributed by atoms with Crippen molar-refractivity contribution in [1.82, 2.24) is 18.4 Å². The van der Waals surface area contributed by atoms with E-state index < -0.39 is 0 Å². The molecule has 0 radical (unpaired) electrons. The van der Waals surface area contributed by atoms with E-state index in [1.165, 1.54) is 71.4 Å². The Morgan fingerprint density at radius 3 is 1.77 bits per heavy atom. The molecule has 4 heterocycles. The van der Waals surface area contributed by atoms with E-state index in [0.29, 0.717) is 0 Å². The smallest absolute Gasteiger partial charge is 0.220 e. The van der Waals surface area contributed by atoms with Crippen molar-refractivity contribution in [3.05, 3.63) is 158 Å². The minimum Gasteiger partial charge on any atom is -0.309 e. The summed E-state index contributed by atoms with van der Waals surface area (Å²) < 4.78 is 7.19. The largest absolute Gasteiger partial charge is 0.309 e. The van der Waals surface area contributed by atoms with E-state index in [-0.39, 0.29) is 0 Å². The number of hydrogen-bond acceptors (Lipinski definition) is 1. The van der Waals surface area contributed by atoms with Crippen molar-refractivity contribution in [2.45, 2.75) is 0 Å². The summed E-state index contributed by atoms with van der Waals surface area (Å²) in [5, 5.41) is 4.98. The van der Waals surface area contributed by atoms with Crippen molar-refractivity contribution in [3.63, 3.8) is 0 Å². The first kappa shape index (κ1) is 24.9. The molecule has 0 aliphatic carbocycles. The second-order valence-electron chi connectivity index (χ2n) is 12.5. The Balaban J connectivity index is 1.31. The molecule has 0 aliphatic heterocycles. The van der Waals surface area contributed by atoms with E-state index in [1.54, 1.807) is 0 Å². The number of benzene rings is 7. The van der Waals surface area contributed by atoms with Crippen molar-refractivity contribution in [2.75, 3.05) is 0 Å². The van der Waals surface area contributed by atoms with Gasteiger partial charge in [-0.1, -0.05) is 109 Å². The van der Waals surface area contributed by atoms with Crippen LogP contribution in [0.3, 0.4) is 0 Å². The molecule has 0 saturated carbocycles. The molecule has 11 aromatic rings. The van der Waals surface area contributed by atoms with Crippen molar-refractivity contribution >= 4 is 65.9 Å². The summed E-state index contributed by atoms with van der Waals surface area (Å²) >= 11 is 0. The normalized spacial score (nSPS) is 12.3. The summed E-state index contributed by atoms with van der Waals surface area (Å²) in [5.74, 6) is 0.953. The van der Waals surface area contributed by atoms with E-state index >= 15 is 0 Å². The van der Waals surface area contributed by atoms with E-state index in [9.17, 15) is 0 Å². The molecule has 4 nitrogen and oxygen atoms in total. The van der Waals surface area contributed by atoms with Gasteiger partial charge in [-0.3, -0.25) is 8.80 Å². The summed E-state index contributed by atoms with van der Waals surface area (Å²) in [5.41, 5.74) is 14.0. The molecule has 7 aromatic carbocycles. The van der Waals surface area contributed by atoms with Crippen molar-refractivity contribution in [2.24, 2.45) is 0 Å². The third kappa shape index (κ3) is 3.28. The first-order valence-corrected chi connectivity index (χ1v) is 16.1. The first-order valence-electron chi connectivity index (χ1n) is 16.1. The molecule has 0 saturated heterocycles. The molecule has 0 spiro atoms. The first-order chi connectivity index (χ1) is 23.3. The number of rotatable bonds is 3. The number of hydrogen-bond donors (Lipinski definition) is 0. The highest BCUT2D eigenvalue weighted by atomic mass is 15.2. The monoisotopic (exact) mass is 598 g/mol. The Morgan fingerprint density at radius 1 is 0.383 bits per heavy atom. The second kappa shape index (κ2) is 9.09. The highest BCUT2D eigenvalue weighted by molar-refractivity contribution is 6.28. The standard InChI is InChI=1S/C43H26N4/c1-3-12-27(13-4-1)29-24-30(28-14-5-2-6-15-28)26-31(25-29)45-36-19-9-7-16-34(36)40-38(45)23-22-33-32-17-11-21-39-41(32)47(42(33)40)43-44-35-18-8-10-20-37(35)46(39)43/h1-26H. The lowest BCUT2D eigenvalue weighted by Crippen LogP contribution is -1.96. The van der Waals surface area contributed by atoms with Crippen LogP contribution in [0, 0.1) is 0 Å². The molecule has 218 valence electrons. The predicted octanol–water partition coefficient (Wildman–Crippen LogP) is 10.9. The van der Waals surface area contributed by atoms with E-state index in [2.05, 4.69) is 171 Å². The lowest BCUT2D eigenvalue weighted by molar-refractivity contribution is 1.18. The maximum Gasteiger partial charge on any atom is 0.220 e. The van der Waals surface area contributed by atoms with Crippen LogP contribution in [0.1, 0.15) is 0 Å². The zero-order valence-corrected chi connectivity index (χ0v) is 25.3. The molecular weight excluding hydrogens is 573 g/mol. The van der Waals surface area contributed by atoms with E-state index in [4.69, 9.17) is 4.98 Å². The quantitative estimate of drug-likeness (QED) is 0.199. The van der Waals surface area contributed by atoms with Crippen LogP contribution in [-0.4, -0.2) is 18.4 Å². The van der Waals surface area contributed by atoms with Gasteiger partial charge in [-0.05, 0) is 70.8 Å². The molecule has 0 N–H and O–H groups in total.